The summed E-state index contributed by atoms with van der Waals surface area (Å²) in [5, 5.41) is 0. The Hall–Kier alpha value is -0.243. The molecule has 0 aliphatic carbocycles. The van der Waals surface area contributed by atoms with E-state index in [1.54, 1.807) is 0 Å². The highest BCUT2D eigenvalue weighted by molar-refractivity contribution is 6.73. The third-order valence-corrected chi connectivity index (χ3v) is 1.90. The lowest BCUT2D eigenvalue weighted by atomic mass is 10.5. The zero-order valence-corrected chi connectivity index (χ0v) is 7.86. The summed E-state index contributed by atoms with van der Waals surface area (Å²) >= 11 is 0. The molecule has 0 fully saturated rings. The molecular weight excluding hydrogens is 126 g/mol. The summed E-state index contributed by atoms with van der Waals surface area (Å²) in [6.07, 6.45) is 5.35. The molecule has 0 aromatic rings. The van der Waals surface area contributed by atoms with Crippen LogP contribution in [0.2, 0.25) is 19.6 Å². The first-order valence-electron chi connectivity index (χ1n) is 3.49. The van der Waals surface area contributed by atoms with E-state index in [1.807, 2.05) is 0 Å². The molecule has 0 radical (unpaired) electrons. The van der Waals surface area contributed by atoms with Crippen LogP contribution >= 0.6 is 0 Å². The Bertz CT molecular complexity index is 91.6. The summed E-state index contributed by atoms with van der Waals surface area (Å²) in [4.78, 5) is 3.38. The maximum atomic E-state index is 3.38. The molecule has 1 nitrogen and oxygen atoms in total. The minimum absolute atomic E-state index is 1.03. The van der Waals surface area contributed by atoms with Crippen molar-refractivity contribution in [3.05, 3.63) is 12.3 Å². The largest absolute Gasteiger partial charge is 0.417 e. The molecule has 0 heterocycles. The van der Waals surface area contributed by atoms with Crippen LogP contribution in [0.4, 0.5) is 0 Å². The summed E-state index contributed by atoms with van der Waals surface area (Å²) in [7, 11) is -1.03. The molecule has 0 aromatic heterocycles. The number of rotatable bonds is 3. The third kappa shape index (κ3) is 7.76. The summed E-state index contributed by atoms with van der Waals surface area (Å²) in [5.41, 5.74) is 0. The summed E-state index contributed by atoms with van der Waals surface area (Å²) in [5.74, 6) is 0. The Morgan fingerprint density at radius 1 is 1.33 bits per heavy atom. The van der Waals surface area contributed by atoms with Gasteiger partial charge < -0.3 is 4.98 Å². The zero-order chi connectivity index (χ0) is 7.33. The molecule has 0 aliphatic rings. The fourth-order valence-electron chi connectivity index (χ4n) is 0.427. The molecule has 0 atom stereocenters. The van der Waals surface area contributed by atoms with E-state index in [0.717, 1.165) is 6.42 Å². The van der Waals surface area contributed by atoms with Crippen LogP contribution in [0.5, 0.6) is 0 Å². The van der Waals surface area contributed by atoms with Gasteiger partial charge in [0.05, 0.1) is 0 Å². The van der Waals surface area contributed by atoms with Gasteiger partial charge in [-0.3, -0.25) is 0 Å². The first-order valence-corrected chi connectivity index (χ1v) is 6.99. The molecular formula is C7H17NSi. The van der Waals surface area contributed by atoms with Gasteiger partial charge in [0.15, 0.2) is 0 Å². The second kappa shape index (κ2) is 3.72. The Labute approximate surface area is 59.3 Å². The molecule has 0 saturated heterocycles. The van der Waals surface area contributed by atoms with E-state index in [1.165, 1.54) is 0 Å². The molecule has 0 amide bonds. The molecule has 2 heteroatoms. The monoisotopic (exact) mass is 143 g/mol. The van der Waals surface area contributed by atoms with E-state index in [4.69, 9.17) is 0 Å². The number of allylic oxidation sites excluding steroid dienone is 1. The maximum Gasteiger partial charge on any atom is 0.143 e. The number of nitrogens with one attached hydrogen (secondary N) is 1. The van der Waals surface area contributed by atoms with E-state index in [2.05, 4.69) is 43.8 Å². The van der Waals surface area contributed by atoms with Crippen molar-refractivity contribution in [2.75, 3.05) is 0 Å². The summed E-state index contributed by atoms with van der Waals surface area (Å²) in [6.45, 7) is 9.00. The van der Waals surface area contributed by atoms with Gasteiger partial charge in [-0.25, -0.2) is 0 Å². The van der Waals surface area contributed by atoms with Crippen LogP contribution in [0.1, 0.15) is 13.3 Å². The highest BCUT2D eigenvalue weighted by Gasteiger charge is 2.08. The van der Waals surface area contributed by atoms with Gasteiger partial charge in [0.1, 0.15) is 8.24 Å². The molecule has 1 N–H and O–H groups in total. The first kappa shape index (κ1) is 8.76. The van der Waals surface area contributed by atoms with Gasteiger partial charge in [-0.15, -0.1) is 0 Å². The van der Waals surface area contributed by atoms with Crippen molar-refractivity contribution in [3.63, 3.8) is 0 Å². The van der Waals surface area contributed by atoms with E-state index >= 15 is 0 Å². The number of hydrogen-bond acceptors (Lipinski definition) is 1. The molecule has 0 rings (SSSR count). The predicted octanol–water partition coefficient (Wildman–Crippen LogP) is 2.33. The second-order valence-electron chi connectivity index (χ2n) is 3.20. The highest BCUT2D eigenvalue weighted by Crippen LogP contribution is 1.93. The standard InChI is InChI=1S/C7H17NSi/c1-5-6-7-8-9(2,3)4/h6-8H,5H2,1-4H3. The summed E-state index contributed by atoms with van der Waals surface area (Å²) in [6, 6.07) is 0. The smallest absolute Gasteiger partial charge is 0.143 e. The van der Waals surface area contributed by atoms with Gasteiger partial charge in [-0.05, 0) is 12.6 Å². The van der Waals surface area contributed by atoms with Crippen molar-refractivity contribution in [2.24, 2.45) is 0 Å². The second-order valence-corrected chi connectivity index (χ2v) is 7.99. The van der Waals surface area contributed by atoms with Crippen LogP contribution in [-0.2, 0) is 0 Å². The Kier molecular flexibility index (Phi) is 3.62. The predicted molar refractivity (Wildman–Crippen MR) is 45.9 cm³/mol. The molecule has 0 spiro atoms. The van der Waals surface area contributed by atoms with Gasteiger partial charge in [0, 0.05) is 0 Å². The van der Waals surface area contributed by atoms with Crippen LogP contribution in [0, 0.1) is 0 Å². The normalized spacial score (nSPS) is 12.4. The lowest BCUT2D eigenvalue weighted by molar-refractivity contribution is 1.17. The van der Waals surface area contributed by atoms with Gasteiger partial charge >= 0.3 is 0 Å². The molecule has 0 aromatic carbocycles. The Balaban J connectivity index is 3.38. The zero-order valence-electron chi connectivity index (χ0n) is 6.86. The number of hydrogen-bond donors (Lipinski definition) is 1. The Morgan fingerprint density at radius 2 is 1.89 bits per heavy atom. The van der Waals surface area contributed by atoms with E-state index in [-0.39, 0.29) is 0 Å². The minimum Gasteiger partial charge on any atom is -0.417 e. The molecule has 0 unspecified atom stereocenters. The third-order valence-electron chi connectivity index (χ3n) is 0.870. The average molecular weight is 143 g/mol. The lowest BCUT2D eigenvalue weighted by Gasteiger charge is -2.14. The lowest BCUT2D eigenvalue weighted by Crippen LogP contribution is -2.36. The van der Waals surface area contributed by atoms with Crippen molar-refractivity contribution < 1.29 is 0 Å². The molecule has 54 valence electrons. The van der Waals surface area contributed by atoms with Gasteiger partial charge in [-0.1, -0.05) is 32.6 Å². The summed E-state index contributed by atoms with van der Waals surface area (Å²) < 4.78 is 0. The molecule has 9 heavy (non-hydrogen) atoms. The maximum absolute atomic E-state index is 3.38. The van der Waals surface area contributed by atoms with Crippen molar-refractivity contribution >= 4 is 8.24 Å². The van der Waals surface area contributed by atoms with Crippen LogP contribution in [0.3, 0.4) is 0 Å². The first-order chi connectivity index (χ1) is 4.06. The van der Waals surface area contributed by atoms with Gasteiger partial charge in [-0.2, -0.15) is 0 Å². The molecule has 0 saturated carbocycles. The van der Waals surface area contributed by atoms with Crippen molar-refractivity contribution in [1.29, 1.82) is 0 Å². The van der Waals surface area contributed by atoms with Crippen LogP contribution in [-0.4, -0.2) is 8.24 Å². The van der Waals surface area contributed by atoms with Gasteiger partial charge in [0.2, 0.25) is 0 Å². The Morgan fingerprint density at radius 3 is 2.22 bits per heavy atom. The fraction of sp³-hybridized carbons (Fsp3) is 0.714. The average Bonchev–Trinajstić information content (AvgIpc) is 1.63. The highest BCUT2D eigenvalue weighted by atomic mass is 28.3. The van der Waals surface area contributed by atoms with E-state index < -0.39 is 8.24 Å². The topological polar surface area (TPSA) is 12.0 Å². The van der Waals surface area contributed by atoms with Gasteiger partial charge in [0.25, 0.3) is 0 Å². The van der Waals surface area contributed by atoms with E-state index in [0.29, 0.717) is 0 Å². The van der Waals surface area contributed by atoms with Crippen molar-refractivity contribution in [1.82, 2.24) is 4.98 Å². The molecule has 0 bridgehead atoms. The minimum atomic E-state index is -1.03. The van der Waals surface area contributed by atoms with Crippen molar-refractivity contribution in [3.8, 4) is 0 Å². The van der Waals surface area contributed by atoms with Crippen LogP contribution in [0.25, 0.3) is 0 Å². The van der Waals surface area contributed by atoms with E-state index in [9.17, 15) is 0 Å². The molecule has 0 aliphatic heterocycles. The van der Waals surface area contributed by atoms with Crippen LogP contribution in [0.15, 0.2) is 12.3 Å². The quantitative estimate of drug-likeness (QED) is 0.598. The SMILES string of the molecule is CCC=CN[Si](C)(C)C. The fourth-order valence-corrected chi connectivity index (χ4v) is 1.04. The van der Waals surface area contributed by atoms with Crippen molar-refractivity contribution in [2.45, 2.75) is 33.0 Å². The van der Waals surface area contributed by atoms with Crippen LogP contribution < -0.4 is 4.98 Å².